The minimum absolute atomic E-state index is 0.147. The molecule has 0 aromatic carbocycles. The number of ether oxygens (including phenoxy) is 3. The second-order valence-corrected chi connectivity index (χ2v) is 6.08. The quantitative estimate of drug-likeness (QED) is 0.729. The van der Waals surface area contributed by atoms with Crippen molar-refractivity contribution < 1.29 is 19.0 Å². The molecule has 0 bridgehead atoms. The highest BCUT2D eigenvalue weighted by molar-refractivity contribution is 5.68. The Bertz CT molecular complexity index is 287. The Labute approximate surface area is 122 Å². The predicted octanol–water partition coefficient (Wildman–Crippen LogP) is 3.03. The summed E-state index contributed by atoms with van der Waals surface area (Å²) in [5.41, 5.74) is -0.437. The lowest BCUT2D eigenvalue weighted by Gasteiger charge is -2.36. The second-order valence-electron chi connectivity index (χ2n) is 6.08. The molecule has 5 nitrogen and oxygen atoms in total. The molecule has 0 saturated carbocycles. The van der Waals surface area contributed by atoms with Crippen LogP contribution in [0.25, 0.3) is 0 Å². The van der Waals surface area contributed by atoms with Crippen LogP contribution >= 0.6 is 0 Å². The van der Waals surface area contributed by atoms with Crippen molar-refractivity contribution in [2.24, 2.45) is 5.92 Å². The van der Waals surface area contributed by atoms with Gasteiger partial charge in [0, 0.05) is 32.2 Å². The van der Waals surface area contributed by atoms with Crippen molar-refractivity contribution in [3.8, 4) is 0 Å². The molecule has 0 aromatic heterocycles. The van der Waals surface area contributed by atoms with Crippen molar-refractivity contribution in [2.75, 3.05) is 26.3 Å². The zero-order valence-corrected chi connectivity index (χ0v) is 13.5. The number of piperidine rings is 1. The van der Waals surface area contributed by atoms with E-state index in [4.69, 9.17) is 14.2 Å². The molecule has 5 heteroatoms. The van der Waals surface area contributed by atoms with Crippen LogP contribution in [0, 0.1) is 5.92 Å². The molecular formula is C15H29NO4. The van der Waals surface area contributed by atoms with E-state index in [0.717, 1.165) is 12.8 Å². The lowest BCUT2D eigenvalue weighted by Crippen LogP contribution is -2.44. The van der Waals surface area contributed by atoms with Crippen molar-refractivity contribution in [3.63, 3.8) is 0 Å². The molecule has 1 aliphatic heterocycles. The van der Waals surface area contributed by atoms with Crippen LogP contribution in [0.5, 0.6) is 0 Å². The fourth-order valence-corrected chi connectivity index (χ4v) is 2.33. The third-order valence-electron chi connectivity index (χ3n) is 3.24. The lowest BCUT2D eigenvalue weighted by molar-refractivity contribution is -0.174. The highest BCUT2D eigenvalue weighted by Crippen LogP contribution is 2.24. The molecule has 0 spiro atoms. The number of rotatable bonds is 5. The van der Waals surface area contributed by atoms with Gasteiger partial charge in [0.05, 0.1) is 0 Å². The van der Waals surface area contributed by atoms with Gasteiger partial charge in [0.2, 0.25) is 0 Å². The van der Waals surface area contributed by atoms with Gasteiger partial charge in [-0.05, 0) is 47.5 Å². The number of carbonyl (C=O) groups is 1. The second kappa shape index (κ2) is 7.84. The minimum Gasteiger partial charge on any atom is -0.444 e. The first-order valence-electron chi connectivity index (χ1n) is 7.58. The first-order chi connectivity index (χ1) is 9.37. The number of hydrogen-bond acceptors (Lipinski definition) is 4. The van der Waals surface area contributed by atoms with E-state index in [9.17, 15) is 4.79 Å². The predicted molar refractivity (Wildman–Crippen MR) is 77.6 cm³/mol. The topological polar surface area (TPSA) is 48.0 Å². The Hall–Kier alpha value is -0.810. The van der Waals surface area contributed by atoms with Gasteiger partial charge in [-0.15, -0.1) is 0 Å². The molecule has 1 heterocycles. The molecule has 1 saturated heterocycles. The Morgan fingerprint density at radius 1 is 1.15 bits per heavy atom. The van der Waals surface area contributed by atoms with Gasteiger partial charge in [-0.1, -0.05) is 0 Å². The van der Waals surface area contributed by atoms with Crippen molar-refractivity contribution in [3.05, 3.63) is 0 Å². The van der Waals surface area contributed by atoms with Crippen molar-refractivity contribution in [2.45, 2.75) is 59.4 Å². The molecule has 0 atom stereocenters. The number of hydrogen-bond donors (Lipinski definition) is 0. The van der Waals surface area contributed by atoms with Crippen LogP contribution < -0.4 is 0 Å². The van der Waals surface area contributed by atoms with E-state index in [-0.39, 0.29) is 12.4 Å². The maximum Gasteiger partial charge on any atom is 0.410 e. The summed E-state index contributed by atoms with van der Waals surface area (Å²) in [4.78, 5) is 13.8. The van der Waals surface area contributed by atoms with E-state index in [0.29, 0.717) is 32.2 Å². The van der Waals surface area contributed by atoms with Crippen molar-refractivity contribution >= 4 is 6.09 Å². The van der Waals surface area contributed by atoms with E-state index < -0.39 is 5.60 Å². The molecule has 20 heavy (non-hydrogen) atoms. The number of carbonyl (C=O) groups excluding carboxylic acids is 1. The van der Waals surface area contributed by atoms with Crippen LogP contribution in [0.15, 0.2) is 0 Å². The van der Waals surface area contributed by atoms with E-state index in [1.807, 2.05) is 34.6 Å². The standard InChI is InChI=1S/C15H29NO4/c1-6-18-13(19-7-2)12-8-10-16(11-9-12)14(17)20-15(3,4)5/h12-13H,6-11H2,1-5H3. The number of nitrogens with zero attached hydrogens (tertiary/aromatic N) is 1. The normalized spacial score (nSPS) is 17.6. The molecular weight excluding hydrogens is 258 g/mol. The molecule has 0 radical (unpaired) electrons. The lowest BCUT2D eigenvalue weighted by atomic mass is 9.96. The molecule has 0 N–H and O–H groups in total. The fraction of sp³-hybridized carbons (Fsp3) is 0.933. The molecule has 118 valence electrons. The maximum absolute atomic E-state index is 12.0. The average Bonchev–Trinajstić information content (AvgIpc) is 2.37. The van der Waals surface area contributed by atoms with Gasteiger partial charge < -0.3 is 19.1 Å². The third-order valence-corrected chi connectivity index (χ3v) is 3.24. The number of likely N-dealkylation sites (tertiary alicyclic amines) is 1. The van der Waals surface area contributed by atoms with Gasteiger partial charge in [-0.25, -0.2) is 4.79 Å². The van der Waals surface area contributed by atoms with E-state index >= 15 is 0 Å². The molecule has 1 rings (SSSR count). The summed E-state index contributed by atoms with van der Waals surface area (Å²) in [6.45, 7) is 12.3. The van der Waals surface area contributed by atoms with Gasteiger partial charge in [0.1, 0.15) is 5.60 Å². The largest absolute Gasteiger partial charge is 0.444 e. The Morgan fingerprint density at radius 3 is 2.05 bits per heavy atom. The summed E-state index contributed by atoms with van der Waals surface area (Å²) in [5, 5.41) is 0. The minimum atomic E-state index is -0.437. The summed E-state index contributed by atoms with van der Waals surface area (Å²) in [5.74, 6) is 0.355. The average molecular weight is 287 g/mol. The van der Waals surface area contributed by atoms with E-state index in [2.05, 4.69) is 0 Å². The molecule has 1 fully saturated rings. The van der Waals surface area contributed by atoms with Gasteiger partial charge >= 0.3 is 6.09 Å². The van der Waals surface area contributed by atoms with Gasteiger partial charge in [0.25, 0.3) is 0 Å². The zero-order valence-electron chi connectivity index (χ0n) is 13.5. The summed E-state index contributed by atoms with van der Waals surface area (Å²) in [6, 6.07) is 0. The van der Waals surface area contributed by atoms with Crippen molar-refractivity contribution in [1.29, 1.82) is 0 Å². The molecule has 0 aromatic rings. The molecule has 0 aliphatic carbocycles. The summed E-state index contributed by atoms with van der Waals surface area (Å²) >= 11 is 0. The fourth-order valence-electron chi connectivity index (χ4n) is 2.33. The maximum atomic E-state index is 12.0. The Morgan fingerprint density at radius 2 is 1.65 bits per heavy atom. The van der Waals surface area contributed by atoms with Gasteiger partial charge in [0.15, 0.2) is 6.29 Å². The molecule has 0 unspecified atom stereocenters. The summed E-state index contributed by atoms with van der Waals surface area (Å²) in [6.07, 6.45) is 1.42. The summed E-state index contributed by atoms with van der Waals surface area (Å²) in [7, 11) is 0. The molecule has 1 aliphatic rings. The SMILES string of the molecule is CCOC(OCC)C1CCN(C(=O)OC(C)(C)C)CC1. The van der Waals surface area contributed by atoms with E-state index in [1.165, 1.54) is 0 Å². The van der Waals surface area contributed by atoms with Crippen LogP contribution in [0.3, 0.4) is 0 Å². The monoisotopic (exact) mass is 287 g/mol. The number of amides is 1. The van der Waals surface area contributed by atoms with Crippen molar-refractivity contribution in [1.82, 2.24) is 4.90 Å². The van der Waals surface area contributed by atoms with Crippen LogP contribution in [-0.4, -0.2) is 49.2 Å². The zero-order chi connectivity index (χ0) is 15.2. The molecule has 1 amide bonds. The third kappa shape index (κ3) is 5.67. The van der Waals surface area contributed by atoms with Crippen LogP contribution in [0.2, 0.25) is 0 Å². The van der Waals surface area contributed by atoms with E-state index in [1.54, 1.807) is 4.90 Å². The highest BCUT2D eigenvalue weighted by atomic mass is 16.7. The first-order valence-corrected chi connectivity index (χ1v) is 7.58. The highest BCUT2D eigenvalue weighted by Gasteiger charge is 2.31. The Balaban J connectivity index is 2.44. The summed E-state index contributed by atoms with van der Waals surface area (Å²) < 4.78 is 16.7. The van der Waals surface area contributed by atoms with Crippen LogP contribution in [0.4, 0.5) is 4.79 Å². The Kier molecular flexibility index (Phi) is 6.76. The smallest absolute Gasteiger partial charge is 0.410 e. The van der Waals surface area contributed by atoms with Gasteiger partial charge in [-0.2, -0.15) is 0 Å². The van der Waals surface area contributed by atoms with Gasteiger partial charge in [-0.3, -0.25) is 0 Å². The van der Waals surface area contributed by atoms with Crippen LogP contribution in [0.1, 0.15) is 47.5 Å². The van der Waals surface area contributed by atoms with Crippen LogP contribution in [-0.2, 0) is 14.2 Å². The first kappa shape index (κ1) is 17.2.